The third-order valence-electron chi connectivity index (χ3n) is 6.23. The van der Waals surface area contributed by atoms with Crippen molar-refractivity contribution >= 4 is 8.32 Å². The van der Waals surface area contributed by atoms with Gasteiger partial charge in [0.05, 0.1) is 12.7 Å². The van der Waals surface area contributed by atoms with Crippen molar-refractivity contribution in [3.05, 3.63) is 29.3 Å². The highest BCUT2D eigenvalue weighted by Gasteiger charge is 2.40. The van der Waals surface area contributed by atoms with Crippen LogP contribution in [0.4, 0.5) is 4.39 Å². The minimum atomic E-state index is -1.82. The Bertz CT molecular complexity index is 621. The summed E-state index contributed by atoms with van der Waals surface area (Å²) in [5, 5.41) is 0.202. The van der Waals surface area contributed by atoms with Crippen molar-refractivity contribution in [2.45, 2.75) is 77.0 Å². The van der Waals surface area contributed by atoms with Crippen molar-refractivity contribution in [3.8, 4) is 5.75 Å². The summed E-state index contributed by atoms with van der Waals surface area (Å²) in [6, 6.07) is 6.54. The molecular formula is C21H34FNO2Si. The average Bonchev–Trinajstić information content (AvgIpc) is 2.56. The molecule has 3 rings (SSSR count). The molecule has 2 aliphatic rings. The minimum Gasteiger partial charge on any atom is -0.493 e. The maximum atomic E-state index is 13.3. The zero-order valence-corrected chi connectivity index (χ0v) is 18.0. The molecule has 0 amide bonds. The van der Waals surface area contributed by atoms with Crippen LogP contribution in [-0.2, 0) is 11.0 Å². The van der Waals surface area contributed by atoms with Gasteiger partial charge in [-0.2, -0.15) is 0 Å². The van der Waals surface area contributed by atoms with Crippen LogP contribution in [0.25, 0.3) is 0 Å². The zero-order chi connectivity index (χ0) is 18.9. The lowest BCUT2D eigenvalue weighted by atomic mass is 10.0. The number of halogens is 1. The quantitative estimate of drug-likeness (QED) is 0.648. The molecule has 1 atom stereocenters. The van der Waals surface area contributed by atoms with Crippen LogP contribution in [0.2, 0.25) is 18.1 Å². The van der Waals surface area contributed by atoms with Gasteiger partial charge >= 0.3 is 0 Å². The molecule has 146 valence electrons. The van der Waals surface area contributed by atoms with Crippen molar-refractivity contribution < 1.29 is 13.6 Å². The van der Waals surface area contributed by atoms with Crippen LogP contribution >= 0.6 is 0 Å². The summed E-state index contributed by atoms with van der Waals surface area (Å²) in [6.07, 6.45) is 1.75. The standard InChI is InChI=1S/C21H34FNO2Si/c1-21(2,3)26(4,5)25-19-10-13-24-20-14-16(6-7-18(19)20)15-23-11-8-17(22)9-12-23/h6-7,14,17,19H,8-13,15H2,1-5H3. The molecule has 2 heterocycles. The lowest BCUT2D eigenvalue weighted by Gasteiger charge is -2.40. The number of ether oxygens (including phenoxy) is 1. The number of fused-ring (bicyclic) bond motifs is 1. The number of rotatable bonds is 4. The van der Waals surface area contributed by atoms with Gasteiger partial charge < -0.3 is 9.16 Å². The molecule has 0 N–H and O–H groups in total. The summed E-state index contributed by atoms with van der Waals surface area (Å²) >= 11 is 0. The normalized spacial score (nSPS) is 22.8. The number of piperidine rings is 1. The molecule has 1 aromatic carbocycles. The number of hydrogen-bond donors (Lipinski definition) is 0. The molecule has 0 spiro atoms. The van der Waals surface area contributed by atoms with E-state index in [1.165, 1.54) is 11.1 Å². The number of likely N-dealkylation sites (tertiary alicyclic amines) is 1. The highest BCUT2D eigenvalue weighted by Crippen LogP contribution is 2.43. The Kier molecular flexibility index (Phi) is 5.80. The van der Waals surface area contributed by atoms with Gasteiger partial charge in [-0.25, -0.2) is 4.39 Å². The van der Waals surface area contributed by atoms with Crippen molar-refractivity contribution in [2.24, 2.45) is 0 Å². The maximum Gasteiger partial charge on any atom is 0.192 e. The Labute approximate surface area is 159 Å². The molecule has 0 radical (unpaired) electrons. The highest BCUT2D eigenvalue weighted by atomic mass is 28.4. The molecule has 0 saturated carbocycles. The molecular weight excluding hydrogens is 345 g/mol. The first-order valence-electron chi connectivity index (χ1n) is 9.95. The number of alkyl halides is 1. The number of benzene rings is 1. The number of nitrogens with zero attached hydrogens (tertiary/aromatic N) is 1. The monoisotopic (exact) mass is 379 g/mol. The molecule has 1 aromatic rings. The third-order valence-corrected chi connectivity index (χ3v) is 10.7. The Hall–Kier alpha value is -0.913. The molecule has 0 bridgehead atoms. The van der Waals surface area contributed by atoms with E-state index in [4.69, 9.17) is 9.16 Å². The van der Waals surface area contributed by atoms with Gasteiger partial charge in [0, 0.05) is 31.6 Å². The second kappa shape index (κ2) is 7.61. The molecule has 26 heavy (non-hydrogen) atoms. The average molecular weight is 380 g/mol. The van der Waals surface area contributed by atoms with Crippen molar-refractivity contribution in [1.29, 1.82) is 0 Å². The van der Waals surface area contributed by atoms with Crippen LogP contribution < -0.4 is 4.74 Å². The van der Waals surface area contributed by atoms with E-state index >= 15 is 0 Å². The molecule has 1 unspecified atom stereocenters. The zero-order valence-electron chi connectivity index (χ0n) is 17.0. The SMILES string of the molecule is CC(C)(C)[Si](C)(C)OC1CCOc2cc(CN3CCC(F)CC3)ccc21. The van der Waals surface area contributed by atoms with Crippen molar-refractivity contribution in [3.63, 3.8) is 0 Å². The predicted molar refractivity (Wildman–Crippen MR) is 107 cm³/mol. The fourth-order valence-electron chi connectivity index (χ4n) is 3.47. The van der Waals surface area contributed by atoms with E-state index in [1.807, 2.05) is 0 Å². The molecule has 3 nitrogen and oxygen atoms in total. The summed E-state index contributed by atoms with van der Waals surface area (Å²) in [6.45, 7) is 14.7. The van der Waals surface area contributed by atoms with E-state index < -0.39 is 14.5 Å². The molecule has 1 saturated heterocycles. The van der Waals surface area contributed by atoms with Crippen LogP contribution in [0.3, 0.4) is 0 Å². The molecule has 5 heteroatoms. The summed E-state index contributed by atoms with van der Waals surface area (Å²) in [5.41, 5.74) is 2.43. The van der Waals surface area contributed by atoms with Gasteiger partial charge in [-0.3, -0.25) is 4.90 Å². The van der Waals surface area contributed by atoms with Gasteiger partial charge in [-0.15, -0.1) is 0 Å². The second-order valence-corrected chi connectivity index (χ2v) is 14.1. The minimum absolute atomic E-state index is 0.135. The molecule has 2 aliphatic heterocycles. The van der Waals surface area contributed by atoms with Gasteiger partial charge in [-0.1, -0.05) is 32.9 Å². The lowest BCUT2D eigenvalue weighted by Crippen LogP contribution is -2.42. The Balaban J connectivity index is 1.71. The van der Waals surface area contributed by atoms with Gasteiger partial charge in [0.15, 0.2) is 8.32 Å². The first-order chi connectivity index (χ1) is 12.2. The van der Waals surface area contributed by atoms with Crippen LogP contribution in [-0.4, -0.2) is 39.1 Å². The van der Waals surface area contributed by atoms with E-state index in [2.05, 4.69) is 57.0 Å². The van der Waals surface area contributed by atoms with Gasteiger partial charge in [0.25, 0.3) is 0 Å². The second-order valence-electron chi connectivity index (χ2n) is 9.33. The van der Waals surface area contributed by atoms with E-state index in [9.17, 15) is 4.39 Å². The Morgan fingerprint density at radius 1 is 1.19 bits per heavy atom. The third kappa shape index (κ3) is 4.49. The van der Waals surface area contributed by atoms with E-state index in [0.717, 1.165) is 31.8 Å². The smallest absolute Gasteiger partial charge is 0.192 e. The fraction of sp³-hybridized carbons (Fsp3) is 0.714. The van der Waals surface area contributed by atoms with E-state index in [-0.39, 0.29) is 11.1 Å². The van der Waals surface area contributed by atoms with Crippen molar-refractivity contribution in [1.82, 2.24) is 4.90 Å². The lowest BCUT2D eigenvalue weighted by molar-refractivity contribution is 0.122. The van der Waals surface area contributed by atoms with Crippen LogP contribution in [0.5, 0.6) is 5.75 Å². The summed E-state index contributed by atoms with van der Waals surface area (Å²) < 4.78 is 26.0. The van der Waals surface area contributed by atoms with Gasteiger partial charge in [0.2, 0.25) is 0 Å². The van der Waals surface area contributed by atoms with Crippen LogP contribution in [0.1, 0.15) is 57.3 Å². The summed E-state index contributed by atoms with van der Waals surface area (Å²) in [4.78, 5) is 2.34. The van der Waals surface area contributed by atoms with Crippen molar-refractivity contribution in [2.75, 3.05) is 19.7 Å². The topological polar surface area (TPSA) is 21.7 Å². The summed E-state index contributed by atoms with van der Waals surface area (Å²) in [7, 11) is -1.82. The summed E-state index contributed by atoms with van der Waals surface area (Å²) in [5.74, 6) is 0.970. The predicted octanol–water partition coefficient (Wildman–Crippen LogP) is 5.47. The molecule has 1 fully saturated rings. The van der Waals surface area contributed by atoms with Crippen LogP contribution in [0, 0.1) is 0 Å². The fourth-order valence-corrected chi connectivity index (χ4v) is 4.78. The van der Waals surface area contributed by atoms with Gasteiger partial charge in [-0.05, 0) is 42.6 Å². The Morgan fingerprint density at radius 2 is 1.88 bits per heavy atom. The Morgan fingerprint density at radius 3 is 2.54 bits per heavy atom. The number of hydrogen-bond acceptors (Lipinski definition) is 3. The highest BCUT2D eigenvalue weighted by molar-refractivity contribution is 6.74. The maximum absolute atomic E-state index is 13.3. The van der Waals surface area contributed by atoms with E-state index in [0.29, 0.717) is 19.4 Å². The van der Waals surface area contributed by atoms with Gasteiger partial charge in [0.1, 0.15) is 11.9 Å². The molecule has 0 aromatic heterocycles. The first kappa shape index (κ1) is 19.8. The van der Waals surface area contributed by atoms with E-state index in [1.54, 1.807) is 0 Å². The van der Waals surface area contributed by atoms with Crippen LogP contribution in [0.15, 0.2) is 18.2 Å². The molecule has 0 aliphatic carbocycles. The first-order valence-corrected chi connectivity index (χ1v) is 12.9. The largest absolute Gasteiger partial charge is 0.493 e.